The summed E-state index contributed by atoms with van der Waals surface area (Å²) in [5.74, 6) is 2.92. The molecular formula is C14H28. The molecule has 0 N–H and O–H groups in total. The van der Waals surface area contributed by atoms with Gasteiger partial charge in [-0.15, -0.1) is 0 Å². The van der Waals surface area contributed by atoms with E-state index >= 15 is 0 Å². The maximum Gasteiger partial charge on any atom is -0.0391 e. The standard InChI is InChI=1S/C14H28/c1-12(2)14-10-6-4-8-13(3)9-5-7-11-14/h12-14H,4-11H2,1-3H3. The van der Waals surface area contributed by atoms with Crippen LogP contribution in [0.3, 0.4) is 0 Å². The van der Waals surface area contributed by atoms with E-state index in [0.29, 0.717) is 0 Å². The van der Waals surface area contributed by atoms with Gasteiger partial charge in [0.2, 0.25) is 0 Å². The molecule has 0 bridgehead atoms. The van der Waals surface area contributed by atoms with E-state index < -0.39 is 0 Å². The van der Waals surface area contributed by atoms with Gasteiger partial charge in [0, 0.05) is 0 Å². The molecule has 0 heterocycles. The van der Waals surface area contributed by atoms with Crippen molar-refractivity contribution in [2.45, 2.75) is 72.1 Å². The van der Waals surface area contributed by atoms with E-state index in [1.807, 2.05) is 0 Å². The summed E-state index contributed by atoms with van der Waals surface area (Å²) in [7, 11) is 0. The normalized spacial score (nSPS) is 31.7. The zero-order valence-electron chi connectivity index (χ0n) is 10.4. The molecule has 0 aliphatic heterocycles. The van der Waals surface area contributed by atoms with Crippen LogP contribution in [0.2, 0.25) is 0 Å². The van der Waals surface area contributed by atoms with Gasteiger partial charge in [0.15, 0.2) is 0 Å². The van der Waals surface area contributed by atoms with E-state index in [2.05, 4.69) is 20.8 Å². The Kier molecular flexibility index (Phi) is 5.59. The van der Waals surface area contributed by atoms with Crippen molar-refractivity contribution in [1.29, 1.82) is 0 Å². The average molecular weight is 196 g/mol. The lowest BCUT2D eigenvalue weighted by molar-refractivity contribution is 0.292. The molecule has 0 aromatic heterocycles. The lowest BCUT2D eigenvalue weighted by Gasteiger charge is -2.23. The third-order valence-electron chi connectivity index (χ3n) is 3.99. The molecular weight excluding hydrogens is 168 g/mol. The molecule has 1 aliphatic carbocycles. The molecule has 84 valence electrons. The molecule has 0 spiro atoms. The van der Waals surface area contributed by atoms with Gasteiger partial charge in [-0.3, -0.25) is 0 Å². The van der Waals surface area contributed by atoms with Crippen LogP contribution >= 0.6 is 0 Å². The Hall–Kier alpha value is 0. The highest BCUT2D eigenvalue weighted by Crippen LogP contribution is 2.28. The van der Waals surface area contributed by atoms with Crippen molar-refractivity contribution in [1.82, 2.24) is 0 Å². The van der Waals surface area contributed by atoms with Gasteiger partial charge in [0.25, 0.3) is 0 Å². The van der Waals surface area contributed by atoms with Crippen molar-refractivity contribution in [3.8, 4) is 0 Å². The first-order valence-corrected chi connectivity index (χ1v) is 6.70. The Balaban J connectivity index is 2.31. The molecule has 0 aromatic rings. The topological polar surface area (TPSA) is 0 Å². The zero-order chi connectivity index (χ0) is 10.4. The van der Waals surface area contributed by atoms with Crippen LogP contribution in [0.25, 0.3) is 0 Å². The zero-order valence-corrected chi connectivity index (χ0v) is 10.4. The third-order valence-corrected chi connectivity index (χ3v) is 3.99. The van der Waals surface area contributed by atoms with Gasteiger partial charge in [0.05, 0.1) is 0 Å². The monoisotopic (exact) mass is 196 g/mol. The highest BCUT2D eigenvalue weighted by Gasteiger charge is 2.14. The van der Waals surface area contributed by atoms with Gasteiger partial charge in [-0.25, -0.2) is 0 Å². The second-order valence-corrected chi connectivity index (χ2v) is 5.68. The van der Waals surface area contributed by atoms with Crippen LogP contribution in [0.5, 0.6) is 0 Å². The molecule has 0 aromatic carbocycles. The average Bonchev–Trinajstić information content (AvgIpc) is 2.15. The number of rotatable bonds is 1. The molecule has 0 saturated heterocycles. The Labute approximate surface area is 90.5 Å². The minimum absolute atomic E-state index is 0.909. The Bertz CT molecular complexity index is 125. The van der Waals surface area contributed by atoms with Crippen LogP contribution in [0.1, 0.15) is 72.1 Å². The SMILES string of the molecule is CC1CCCCC(C(C)C)CCCC1. The summed E-state index contributed by atoms with van der Waals surface area (Å²) in [4.78, 5) is 0. The molecule has 1 saturated carbocycles. The van der Waals surface area contributed by atoms with Crippen LogP contribution in [-0.2, 0) is 0 Å². The van der Waals surface area contributed by atoms with Crippen LogP contribution < -0.4 is 0 Å². The Morgan fingerprint density at radius 1 is 0.786 bits per heavy atom. The third kappa shape index (κ3) is 4.48. The molecule has 0 radical (unpaired) electrons. The van der Waals surface area contributed by atoms with Crippen molar-refractivity contribution < 1.29 is 0 Å². The first kappa shape index (κ1) is 12.1. The van der Waals surface area contributed by atoms with E-state index in [9.17, 15) is 0 Å². The summed E-state index contributed by atoms with van der Waals surface area (Å²) < 4.78 is 0. The second kappa shape index (κ2) is 6.48. The van der Waals surface area contributed by atoms with Crippen LogP contribution in [-0.4, -0.2) is 0 Å². The predicted molar refractivity (Wildman–Crippen MR) is 64.4 cm³/mol. The molecule has 14 heavy (non-hydrogen) atoms. The predicted octanol–water partition coefficient (Wildman–Crippen LogP) is 5.03. The fraction of sp³-hybridized carbons (Fsp3) is 1.00. The first-order chi connectivity index (χ1) is 6.70. The Morgan fingerprint density at radius 2 is 1.21 bits per heavy atom. The highest BCUT2D eigenvalue weighted by atomic mass is 14.2. The summed E-state index contributed by atoms with van der Waals surface area (Å²) in [6, 6.07) is 0. The van der Waals surface area contributed by atoms with Gasteiger partial charge in [0.1, 0.15) is 0 Å². The molecule has 0 amide bonds. The van der Waals surface area contributed by atoms with Crippen molar-refractivity contribution in [3.63, 3.8) is 0 Å². The fourth-order valence-corrected chi connectivity index (χ4v) is 2.75. The molecule has 0 unspecified atom stereocenters. The summed E-state index contributed by atoms with van der Waals surface area (Å²) in [6.07, 6.45) is 11.8. The minimum atomic E-state index is 0.909. The van der Waals surface area contributed by atoms with Gasteiger partial charge in [-0.2, -0.15) is 0 Å². The second-order valence-electron chi connectivity index (χ2n) is 5.68. The smallest absolute Gasteiger partial charge is 0.0391 e. The summed E-state index contributed by atoms with van der Waals surface area (Å²) in [5, 5.41) is 0. The van der Waals surface area contributed by atoms with Gasteiger partial charge < -0.3 is 0 Å². The lowest BCUT2D eigenvalue weighted by Crippen LogP contribution is -2.10. The van der Waals surface area contributed by atoms with E-state index in [-0.39, 0.29) is 0 Å². The van der Waals surface area contributed by atoms with Crippen LogP contribution in [0.15, 0.2) is 0 Å². The van der Waals surface area contributed by atoms with Crippen molar-refractivity contribution in [2.24, 2.45) is 17.8 Å². The molecule has 0 nitrogen and oxygen atoms in total. The molecule has 0 atom stereocenters. The molecule has 1 aliphatic rings. The summed E-state index contributed by atoms with van der Waals surface area (Å²) >= 11 is 0. The lowest BCUT2D eigenvalue weighted by atomic mass is 9.83. The maximum absolute atomic E-state index is 2.43. The van der Waals surface area contributed by atoms with Crippen molar-refractivity contribution in [2.75, 3.05) is 0 Å². The minimum Gasteiger partial charge on any atom is -0.0625 e. The number of hydrogen-bond acceptors (Lipinski definition) is 0. The quantitative estimate of drug-likeness (QED) is 0.552. The maximum atomic E-state index is 2.43. The largest absolute Gasteiger partial charge is 0.0625 e. The summed E-state index contributed by atoms with van der Waals surface area (Å²) in [5.41, 5.74) is 0. The molecule has 1 fully saturated rings. The van der Waals surface area contributed by atoms with Gasteiger partial charge in [-0.05, 0) is 17.8 Å². The summed E-state index contributed by atoms with van der Waals surface area (Å²) in [6.45, 7) is 7.24. The van der Waals surface area contributed by atoms with E-state index in [4.69, 9.17) is 0 Å². The van der Waals surface area contributed by atoms with E-state index in [1.165, 1.54) is 51.4 Å². The van der Waals surface area contributed by atoms with E-state index in [1.54, 1.807) is 0 Å². The highest BCUT2D eigenvalue weighted by molar-refractivity contribution is 4.66. The van der Waals surface area contributed by atoms with Crippen molar-refractivity contribution >= 4 is 0 Å². The molecule has 1 rings (SSSR count). The molecule has 0 heteroatoms. The van der Waals surface area contributed by atoms with Crippen molar-refractivity contribution in [3.05, 3.63) is 0 Å². The van der Waals surface area contributed by atoms with Gasteiger partial charge >= 0.3 is 0 Å². The first-order valence-electron chi connectivity index (χ1n) is 6.70. The van der Waals surface area contributed by atoms with Crippen LogP contribution in [0.4, 0.5) is 0 Å². The Morgan fingerprint density at radius 3 is 1.64 bits per heavy atom. The van der Waals surface area contributed by atoms with E-state index in [0.717, 1.165) is 17.8 Å². The number of hydrogen-bond donors (Lipinski definition) is 0. The fourth-order valence-electron chi connectivity index (χ4n) is 2.75. The van der Waals surface area contributed by atoms with Gasteiger partial charge in [-0.1, -0.05) is 72.1 Å². The van der Waals surface area contributed by atoms with Crippen LogP contribution in [0, 0.1) is 17.8 Å².